The molecule has 0 aromatic heterocycles. The molecule has 0 unspecified atom stereocenters. The summed E-state index contributed by atoms with van der Waals surface area (Å²) in [5.41, 5.74) is 3.46. The number of aliphatic hydroxyl groups is 1. The predicted molar refractivity (Wildman–Crippen MR) is 203 cm³/mol. The molecule has 3 aliphatic rings. The number of hydrogen-bond donors (Lipinski definition) is 1. The maximum Gasteiger partial charge on any atom is 0.264 e. The van der Waals surface area contributed by atoms with Crippen molar-refractivity contribution in [1.29, 1.82) is 0 Å². The molecule has 270 valence electrons. The molecule has 0 bridgehead atoms. The molecule has 4 aromatic rings. The van der Waals surface area contributed by atoms with Gasteiger partial charge in [0.25, 0.3) is 5.91 Å². The van der Waals surface area contributed by atoms with Gasteiger partial charge in [0.1, 0.15) is 0 Å². The van der Waals surface area contributed by atoms with Gasteiger partial charge in [-0.25, -0.2) is 0 Å². The van der Waals surface area contributed by atoms with Crippen LogP contribution < -0.4 is 9.80 Å². The number of carbonyl (C=O) groups excluding carboxylic acids is 3. The van der Waals surface area contributed by atoms with E-state index in [1.807, 2.05) is 85.8 Å². The molecular formula is C41H43ClFN3O5Si. The fourth-order valence-corrected chi connectivity index (χ4v) is 11.2. The van der Waals surface area contributed by atoms with Crippen LogP contribution in [0.2, 0.25) is 23.7 Å². The van der Waals surface area contributed by atoms with Crippen LogP contribution in [0.15, 0.2) is 97.1 Å². The molecule has 1 fully saturated rings. The van der Waals surface area contributed by atoms with Gasteiger partial charge in [-0.15, -0.1) is 0 Å². The second-order valence-corrected chi connectivity index (χ2v) is 18.8. The van der Waals surface area contributed by atoms with Crippen LogP contribution in [0, 0.1) is 5.92 Å². The maximum atomic E-state index is 16.4. The highest BCUT2D eigenvalue weighted by atomic mass is 35.5. The van der Waals surface area contributed by atoms with Crippen molar-refractivity contribution >= 4 is 54.8 Å². The van der Waals surface area contributed by atoms with Gasteiger partial charge < -0.3 is 23.8 Å². The predicted octanol–water partition coefficient (Wildman–Crippen LogP) is 7.68. The molecule has 52 heavy (non-hydrogen) atoms. The Morgan fingerprint density at radius 2 is 1.67 bits per heavy atom. The highest BCUT2D eigenvalue weighted by molar-refractivity contribution is 6.72. The molecule has 3 heterocycles. The molecule has 1 saturated heterocycles. The lowest BCUT2D eigenvalue weighted by molar-refractivity contribution is -0.150. The molecule has 1 N–H and O–H groups in total. The first-order valence-electron chi connectivity index (χ1n) is 17.8. The number of rotatable bonds is 10. The lowest BCUT2D eigenvalue weighted by Gasteiger charge is -2.31. The molecule has 3 amide bonds. The van der Waals surface area contributed by atoms with Crippen molar-refractivity contribution in [3.05, 3.63) is 124 Å². The number of ether oxygens (including phenoxy) is 1. The number of amides is 3. The lowest BCUT2D eigenvalue weighted by Crippen LogP contribution is -2.45. The number of nitrogens with zero attached hydrogens (tertiary/aromatic N) is 3. The third-order valence-corrected chi connectivity index (χ3v) is 13.6. The number of anilines is 3. The molecule has 7 rings (SSSR count). The Balaban J connectivity index is 1.18. The third-order valence-electron chi connectivity index (χ3n) is 10.9. The number of carbonyl (C=O) groups is 3. The van der Waals surface area contributed by atoms with E-state index in [-0.39, 0.29) is 50.4 Å². The number of aryl methyl sites for hydroxylation is 1. The van der Waals surface area contributed by atoms with Crippen molar-refractivity contribution in [2.45, 2.75) is 69.6 Å². The number of fused-ring (bicyclic) bond motifs is 3. The molecule has 11 heteroatoms. The first-order chi connectivity index (χ1) is 24.9. The van der Waals surface area contributed by atoms with E-state index in [1.165, 1.54) is 0 Å². The van der Waals surface area contributed by atoms with Crippen LogP contribution in [0.25, 0.3) is 0 Å². The van der Waals surface area contributed by atoms with Crippen molar-refractivity contribution < 1.29 is 28.3 Å². The summed E-state index contributed by atoms with van der Waals surface area (Å²) in [6, 6.07) is 30.3. The zero-order valence-electron chi connectivity index (χ0n) is 29.6. The van der Waals surface area contributed by atoms with Gasteiger partial charge >= 0.3 is 0 Å². The number of para-hydroxylation sites is 1. The summed E-state index contributed by atoms with van der Waals surface area (Å²) in [5.74, 6) is -1.17. The van der Waals surface area contributed by atoms with Gasteiger partial charge in [-0.1, -0.05) is 79.2 Å². The summed E-state index contributed by atoms with van der Waals surface area (Å²) < 4.78 is 23.2. The Morgan fingerprint density at radius 1 is 0.962 bits per heavy atom. The SMILES string of the molecule is C[C@H]1[C@H]([Si](C)(C)F)[C@@H](CC(=O)N(CCO)Cc2ccccc2)O[C@]12C(=O)N(Cc1ccc(N3C(=O)CCc4ccccc43)cc1)c1ccc(Cl)cc12. The minimum Gasteiger partial charge on any atom is -0.395 e. The normalized spacial score (nSPS) is 22.5. The summed E-state index contributed by atoms with van der Waals surface area (Å²) in [4.78, 5) is 46.7. The fraction of sp³-hybridized carbons (Fsp3) is 0.341. The van der Waals surface area contributed by atoms with Gasteiger partial charge in [-0.05, 0) is 72.6 Å². The monoisotopic (exact) mass is 739 g/mol. The van der Waals surface area contributed by atoms with Crippen molar-refractivity contribution in [2.75, 3.05) is 23.0 Å². The lowest BCUT2D eigenvalue weighted by atomic mass is 9.82. The fourth-order valence-electron chi connectivity index (χ4n) is 8.54. The van der Waals surface area contributed by atoms with E-state index in [9.17, 15) is 19.5 Å². The first-order valence-corrected chi connectivity index (χ1v) is 21.2. The zero-order valence-corrected chi connectivity index (χ0v) is 31.4. The van der Waals surface area contributed by atoms with Crippen LogP contribution in [0.4, 0.5) is 21.2 Å². The van der Waals surface area contributed by atoms with Gasteiger partial charge in [-0.2, -0.15) is 0 Å². The Bertz CT molecular complexity index is 1990. The topological polar surface area (TPSA) is 90.4 Å². The third kappa shape index (κ3) is 6.46. The van der Waals surface area contributed by atoms with Gasteiger partial charge in [0.2, 0.25) is 20.2 Å². The Hall–Kier alpha value is -4.35. The van der Waals surface area contributed by atoms with Crippen molar-refractivity contribution in [1.82, 2.24) is 4.90 Å². The first kappa shape index (κ1) is 36.0. The van der Waals surface area contributed by atoms with E-state index < -0.39 is 31.6 Å². The van der Waals surface area contributed by atoms with Crippen LogP contribution in [-0.4, -0.2) is 55.4 Å². The molecule has 3 aliphatic heterocycles. The molecule has 0 radical (unpaired) electrons. The van der Waals surface area contributed by atoms with Crippen molar-refractivity contribution in [3.8, 4) is 0 Å². The second-order valence-electron chi connectivity index (χ2n) is 14.6. The number of halogens is 2. The van der Waals surface area contributed by atoms with Gasteiger partial charge in [0.05, 0.1) is 37.1 Å². The Morgan fingerprint density at radius 3 is 2.38 bits per heavy atom. The minimum atomic E-state index is -3.53. The van der Waals surface area contributed by atoms with Crippen LogP contribution >= 0.6 is 11.6 Å². The van der Waals surface area contributed by atoms with Crippen LogP contribution in [0.3, 0.4) is 0 Å². The Kier molecular flexibility index (Phi) is 9.86. The Labute approximate surface area is 309 Å². The summed E-state index contributed by atoms with van der Waals surface area (Å²) in [7, 11) is -3.53. The molecule has 0 saturated carbocycles. The minimum absolute atomic E-state index is 0.0303. The van der Waals surface area contributed by atoms with Crippen molar-refractivity contribution in [2.24, 2.45) is 5.92 Å². The van der Waals surface area contributed by atoms with Crippen LogP contribution in [0.1, 0.15) is 42.0 Å². The molecule has 4 atom stereocenters. The van der Waals surface area contributed by atoms with E-state index in [4.69, 9.17) is 16.3 Å². The van der Waals surface area contributed by atoms with Gasteiger partial charge in [0.15, 0.2) is 5.60 Å². The highest BCUT2D eigenvalue weighted by Gasteiger charge is 2.67. The van der Waals surface area contributed by atoms with Gasteiger partial charge in [0, 0.05) is 47.2 Å². The summed E-state index contributed by atoms with van der Waals surface area (Å²) in [6.07, 6.45) is 0.136. The molecular weight excluding hydrogens is 697 g/mol. The van der Waals surface area contributed by atoms with Gasteiger partial charge in [-0.3, -0.25) is 19.3 Å². The quantitative estimate of drug-likeness (QED) is 0.133. The zero-order chi connectivity index (χ0) is 36.8. The maximum absolute atomic E-state index is 16.4. The summed E-state index contributed by atoms with van der Waals surface area (Å²) in [6.45, 7) is 5.45. The smallest absolute Gasteiger partial charge is 0.264 e. The van der Waals surface area contributed by atoms with E-state index in [2.05, 4.69) is 0 Å². The number of benzene rings is 4. The molecule has 4 aromatic carbocycles. The van der Waals surface area contributed by atoms with Crippen LogP contribution in [0.5, 0.6) is 0 Å². The van der Waals surface area contributed by atoms with E-state index in [1.54, 1.807) is 46.0 Å². The summed E-state index contributed by atoms with van der Waals surface area (Å²) in [5, 5.41) is 10.2. The molecule has 8 nitrogen and oxygen atoms in total. The number of hydrogen-bond acceptors (Lipinski definition) is 5. The number of aliphatic hydroxyl groups excluding tert-OH is 1. The molecule has 1 spiro atoms. The highest BCUT2D eigenvalue weighted by Crippen LogP contribution is 2.60. The standard InChI is InChI=1S/C41H43ClFN3O5Si/c1-27-39(52(2,3)43)36(24-38(49)44(21-22-47)25-28-9-5-4-6-10-28)51-41(27)33-23-31(42)16-19-35(33)45(40(41)50)26-29-13-17-32(18-14-29)46-34-12-8-7-11-30(34)15-20-37(46)48/h4-14,16-19,23,27,36,39,47H,15,20-22,24-26H2,1-3H3/t27-,36+,39-,41+/m0/s1. The molecule has 0 aliphatic carbocycles. The second kappa shape index (κ2) is 14.2. The average molecular weight is 740 g/mol. The van der Waals surface area contributed by atoms with Crippen molar-refractivity contribution in [3.63, 3.8) is 0 Å². The van der Waals surface area contributed by atoms with E-state index >= 15 is 4.11 Å². The summed E-state index contributed by atoms with van der Waals surface area (Å²) >= 11 is 6.56. The van der Waals surface area contributed by atoms with Crippen LogP contribution in [-0.2, 0) is 44.2 Å². The van der Waals surface area contributed by atoms with E-state index in [0.717, 1.165) is 28.1 Å². The average Bonchev–Trinajstić information content (AvgIpc) is 3.54. The largest absolute Gasteiger partial charge is 0.395 e. The van der Waals surface area contributed by atoms with E-state index in [0.29, 0.717) is 29.1 Å².